The molecule has 1 amide bonds. The molecule has 0 saturated heterocycles. The SMILES string of the molecule is Cc1ccc(OCc2cccc(C(=O)NC(C)(CO)C3CC3)c2)cn1. The van der Waals surface area contributed by atoms with E-state index in [4.69, 9.17) is 4.74 Å². The zero-order valence-electron chi connectivity index (χ0n) is 14.7. The standard InChI is InChI=1S/C20H24N2O3/c1-14-6-9-18(11-21-14)25-12-15-4-3-5-16(10-15)19(24)22-20(2,13-23)17-7-8-17/h3-6,9-11,17,23H,7-8,12-13H2,1-2H3,(H,22,24). The van der Waals surface area contributed by atoms with Gasteiger partial charge in [-0.1, -0.05) is 12.1 Å². The van der Waals surface area contributed by atoms with Crippen LogP contribution in [0.2, 0.25) is 0 Å². The predicted molar refractivity (Wildman–Crippen MR) is 95.4 cm³/mol. The minimum atomic E-state index is -0.544. The first-order valence-corrected chi connectivity index (χ1v) is 8.58. The lowest BCUT2D eigenvalue weighted by Gasteiger charge is -2.28. The molecule has 0 aliphatic heterocycles. The molecule has 2 N–H and O–H groups in total. The fourth-order valence-corrected chi connectivity index (χ4v) is 2.83. The molecular weight excluding hydrogens is 316 g/mol. The number of hydrogen-bond donors (Lipinski definition) is 2. The smallest absolute Gasteiger partial charge is 0.251 e. The average molecular weight is 340 g/mol. The second-order valence-electron chi connectivity index (χ2n) is 6.93. The third-order valence-corrected chi connectivity index (χ3v) is 4.68. The number of amides is 1. The van der Waals surface area contributed by atoms with E-state index in [1.807, 2.05) is 44.2 Å². The molecule has 1 heterocycles. The number of carbonyl (C=O) groups is 1. The maximum atomic E-state index is 12.5. The number of ether oxygens (including phenoxy) is 1. The van der Waals surface area contributed by atoms with Crippen molar-refractivity contribution in [3.63, 3.8) is 0 Å². The van der Waals surface area contributed by atoms with E-state index in [1.165, 1.54) is 0 Å². The monoisotopic (exact) mass is 340 g/mol. The van der Waals surface area contributed by atoms with Crippen molar-refractivity contribution in [2.24, 2.45) is 5.92 Å². The summed E-state index contributed by atoms with van der Waals surface area (Å²) < 4.78 is 5.72. The van der Waals surface area contributed by atoms with Gasteiger partial charge in [-0.15, -0.1) is 0 Å². The van der Waals surface area contributed by atoms with E-state index in [0.717, 1.165) is 24.1 Å². The van der Waals surface area contributed by atoms with Crippen LogP contribution < -0.4 is 10.1 Å². The number of hydrogen-bond acceptors (Lipinski definition) is 4. The quantitative estimate of drug-likeness (QED) is 0.813. The van der Waals surface area contributed by atoms with Crippen LogP contribution in [0.25, 0.3) is 0 Å². The zero-order chi connectivity index (χ0) is 17.9. The third-order valence-electron chi connectivity index (χ3n) is 4.68. The van der Waals surface area contributed by atoms with Crippen LogP contribution in [0.1, 0.15) is 41.4 Å². The van der Waals surface area contributed by atoms with Gasteiger partial charge in [0.1, 0.15) is 12.4 Å². The van der Waals surface area contributed by atoms with Crippen LogP contribution in [0.4, 0.5) is 0 Å². The maximum Gasteiger partial charge on any atom is 0.251 e. The summed E-state index contributed by atoms with van der Waals surface area (Å²) in [5.41, 5.74) is 1.87. The summed E-state index contributed by atoms with van der Waals surface area (Å²) in [5, 5.41) is 12.6. The number of aryl methyl sites for hydroxylation is 1. The summed E-state index contributed by atoms with van der Waals surface area (Å²) in [5.74, 6) is 0.895. The number of aliphatic hydroxyl groups is 1. The lowest BCUT2D eigenvalue weighted by molar-refractivity contribution is 0.0824. The van der Waals surface area contributed by atoms with Crippen molar-refractivity contribution in [3.8, 4) is 5.75 Å². The Hall–Kier alpha value is -2.40. The van der Waals surface area contributed by atoms with Gasteiger partial charge in [-0.05, 0) is 62.4 Å². The Labute approximate surface area is 148 Å². The number of nitrogens with zero attached hydrogens (tertiary/aromatic N) is 1. The number of pyridine rings is 1. The van der Waals surface area contributed by atoms with E-state index in [1.54, 1.807) is 12.3 Å². The van der Waals surface area contributed by atoms with E-state index >= 15 is 0 Å². The second kappa shape index (κ2) is 7.23. The molecule has 1 aliphatic carbocycles. The minimum Gasteiger partial charge on any atom is -0.487 e. The summed E-state index contributed by atoms with van der Waals surface area (Å²) in [7, 11) is 0. The summed E-state index contributed by atoms with van der Waals surface area (Å²) in [6, 6.07) is 11.1. The highest BCUT2D eigenvalue weighted by molar-refractivity contribution is 5.94. The number of benzene rings is 1. The van der Waals surface area contributed by atoms with Gasteiger partial charge in [-0.25, -0.2) is 0 Å². The molecule has 5 nitrogen and oxygen atoms in total. The number of rotatable bonds is 7. The highest BCUT2D eigenvalue weighted by atomic mass is 16.5. The fourth-order valence-electron chi connectivity index (χ4n) is 2.83. The minimum absolute atomic E-state index is 0.0490. The first-order chi connectivity index (χ1) is 12.0. The molecule has 0 bridgehead atoms. The Morgan fingerprint density at radius 1 is 1.36 bits per heavy atom. The zero-order valence-corrected chi connectivity index (χ0v) is 14.7. The Kier molecular flexibility index (Phi) is 5.04. The molecule has 25 heavy (non-hydrogen) atoms. The summed E-state index contributed by atoms with van der Waals surface area (Å²) in [4.78, 5) is 16.7. The van der Waals surface area contributed by atoms with Gasteiger partial charge in [0.2, 0.25) is 0 Å². The Balaban J connectivity index is 1.64. The largest absolute Gasteiger partial charge is 0.487 e. The third kappa shape index (κ3) is 4.37. The lowest BCUT2D eigenvalue weighted by Crippen LogP contribution is -2.50. The van der Waals surface area contributed by atoms with Crippen LogP contribution in [0.5, 0.6) is 5.75 Å². The van der Waals surface area contributed by atoms with Crippen molar-refractivity contribution in [3.05, 3.63) is 59.4 Å². The van der Waals surface area contributed by atoms with E-state index in [2.05, 4.69) is 10.3 Å². The van der Waals surface area contributed by atoms with Gasteiger partial charge in [0.15, 0.2) is 0 Å². The van der Waals surface area contributed by atoms with Crippen molar-refractivity contribution >= 4 is 5.91 Å². The van der Waals surface area contributed by atoms with Crippen LogP contribution in [0.15, 0.2) is 42.6 Å². The number of aliphatic hydroxyl groups excluding tert-OH is 1. The van der Waals surface area contributed by atoms with Gasteiger partial charge in [-0.3, -0.25) is 9.78 Å². The van der Waals surface area contributed by atoms with Crippen molar-refractivity contribution in [1.82, 2.24) is 10.3 Å². The van der Waals surface area contributed by atoms with Crippen molar-refractivity contribution < 1.29 is 14.6 Å². The highest BCUT2D eigenvalue weighted by Gasteiger charge is 2.42. The van der Waals surface area contributed by atoms with Gasteiger partial charge in [0.05, 0.1) is 18.3 Å². The molecule has 0 radical (unpaired) electrons. The average Bonchev–Trinajstić information content (AvgIpc) is 3.47. The molecule has 1 fully saturated rings. The van der Waals surface area contributed by atoms with Gasteiger partial charge in [-0.2, -0.15) is 0 Å². The van der Waals surface area contributed by atoms with Crippen LogP contribution >= 0.6 is 0 Å². The van der Waals surface area contributed by atoms with Crippen LogP contribution in [0.3, 0.4) is 0 Å². The van der Waals surface area contributed by atoms with Gasteiger partial charge < -0.3 is 15.2 Å². The molecular formula is C20H24N2O3. The molecule has 2 aromatic rings. The first kappa shape index (κ1) is 17.4. The van der Waals surface area contributed by atoms with Crippen molar-refractivity contribution in [2.75, 3.05) is 6.61 Å². The van der Waals surface area contributed by atoms with E-state index in [-0.39, 0.29) is 12.5 Å². The molecule has 3 rings (SSSR count). The molecule has 1 unspecified atom stereocenters. The molecule has 1 atom stereocenters. The van der Waals surface area contributed by atoms with Crippen LogP contribution in [0, 0.1) is 12.8 Å². The Bertz CT molecular complexity index is 741. The summed E-state index contributed by atoms with van der Waals surface area (Å²) >= 11 is 0. The summed E-state index contributed by atoms with van der Waals surface area (Å²) in [6.45, 7) is 4.14. The normalized spacial score (nSPS) is 16.1. The van der Waals surface area contributed by atoms with E-state index < -0.39 is 5.54 Å². The molecule has 1 aliphatic rings. The maximum absolute atomic E-state index is 12.5. The fraction of sp³-hybridized carbons (Fsp3) is 0.400. The first-order valence-electron chi connectivity index (χ1n) is 8.58. The molecule has 5 heteroatoms. The van der Waals surface area contributed by atoms with Crippen LogP contribution in [-0.4, -0.2) is 28.1 Å². The molecule has 1 saturated carbocycles. The van der Waals surface area contributed by atoms with Crippen molar-refractivity contribution in [2.45, 2.75) is 38.8 Å². The number of carbonyl (C=O) groups excluding carboxylic acids is 1. The van der Waals surface area contributed by atoms with E-state index in [9.17, 15) is 9.90 Å². The van der Waals surface area contributed by atoms with Gasteiger partial charge >= 0.3 is 0 Å². The number of aromatic nitrogens is 1. The highest BCUT2D eigenvalue weighted by Crippen LogP contribution is 2.39. The van der Waals surface area contributed by atoms with Crippen molar-refractivity contribution in [1.29, 1.82) is 0 Å². The molecule has 132 valence electrons. The topological polar surface area (TPSA) is 71.5 Å². The Morgan fingerprint density at radius 3 is 2.80 bits per heavy atom. The molecule has 1 aromatic heterocycles. The summed E-state index contributed by atoms with van der Waals surface area (Å²) in [6.07, 6.45) is 3.79. The Morgan fingerprint density at radius 2 is 2.16 bits per heavy atom. The molecule has 0 spiro atoms. The second-order valence-corrected chi connectivity index (χ2v) is 6.93. The van der Waals surface area contributed by atoms with Gasteiger partial charge in [0.25, 0.3) is 5.91 Å². The number of nitrogens with one attached hydrogen (secondary N) is 1. The van der Waals surface area contributed by atoms with Crippen LogP contribution in [-0.2, 0) is 6.61 Å². The predicted octanol–water partition coefficient (Wildman–Crippen LogP) is 2.86. The lowest BCUT2D eigenvalue weighted by atomic mass is 9.96. The van der Waals surface area contributed by atoms with Gasteiger partial charge in [0, 0.05) is 11.3 Å². The van der Waals surface area contributed by atoms with E-state index in [0.29, 0.717) is 23.8 Å². The molecule has 1 aromatic carbocycles.